The van der Waals surface area contributed by atoms with Crippen molar-refractivity contribution in [1.29, 1.82) is 5.26 Å². The average Bonchev–Trinajstić information content (AvgIpc) is 2.78. The molecule has 0 bridgehead atoms. The summed E-state index contributed by atoms with van der Waals surface area (Å²) in [5.74, 6) is 0.314. The number of hydrogen-bond acceptors (Lipinski definition) is 5. The summed E-state index contributed by atoms with van der Waals surface area (Å²) < 4.78 is 13.3. The van der Waals surface area contributed by atoms with Crippen LogP contribution in [0.15, 0.2) is 70.8 Å². The molecule has 0 spiro atoms. The van der Waals surface area contributed by atoms with Gasteiger partial charge in [0.1, 0.15) is 23.1 Å². The zero-order chi connectivity index (χ0) is 22.8. The molecule has 1 atom stereocenters. The van der Waals surface area contributed by atoms with Crippen LogP contribution < -0.4 is 20.8 Å². The lowest BCUT2D eigenvalue weighted by Gasteiger charge is -2.28. The van der Waals surface area contributed by atoms with Crippen LogP contribution in [0, 0.1) is 25.2 Å². The van der Waals surface area contributed by atoms with Gasteiger partial charge in [0.05, 0.1) is 24.6 Å². The molecule has 6 heteroatoms. The first-order valence-corrected chi connectivity index (χ1v) is 10.5. The number of nitrogens with two attached hydrogens (primary N) is 1. The summed E-state index contributed by atoms with van der Waals surface area (Å²) in [7, 11) is 0. The summed E-state index contributed by atoms with van der Waals surface area (Å²) in [5, 5.41) is 9.90. The molecule has 0 radical (unpaired) electrons. The van der Waals surface area contributed by atoms with Crippen LogP contribution in [-0.4, -0.2) is 11.2 Å². The van der Waals surface area contributed by atoms with Crippen molar-refractivity contribution in [1.82, 2.24) is 4.57 Å². The van der Waals surface area contributed by atoms with Crippen LogP contribution in [0.1, 0.15) is 40.8 Å². The van der Waals surface area contributed by atoms with E-state index in [1.807, 2.05) is 75.4 Å². The van der Waals surface area contributed by atoms with Crippen molar-refractivity contribution >= 4 is 0 Å². The van der Waals surface area contributed by atoms with Crippen LogP contribution in [0.4, 0.5) is 0 Å². The maximum absolute atomic E-state index is 13.8. The van der Waals surface area contributed by atoms with Gasteiger partial charge in [-0.2, -0.15) is 5.26 Å². The second-order valence-corrected chi connectivity index (χ2v) is 7.84. The van der Waals surface area contributed by atoms with Crippen LogP contribution in [0.3, 0.4) is 0 Å². The van der Waals surface area contributed by atoms with Gasteiger partial charge in [0.2, 0.25) is 5.88 Å². The zero-order valence-electron chi connectivity index (χ0n) is 18.4. The highest BCUT2D eigenvalue weighted by Crippen LogP contribution is 2.43. The summed E-state index contributed by atoms with van der Waals surface area (Å²) in [5.41, 5.74) is 10.1. The first kappa shape index (κ1) is 21.3. The molecule has 1 aliphatic rings. The predicted octanol–water partition coefficient (Wildman–Crippen LogP) is 4.13. The highest BCUT2D eigenvalue weighted by atomic mass is 16.5. The van der Waals surface area contributed by atoms with Crippen molar-refractivity contribution < 1.29 is 9.47 Å². The van der Waals surface area contributed by atoms with Crippen molar-refractivity contribution in [3.05, 3.63) is 104 Å². The molecule has 1 aliphatic heterocycles. The maximum atomic E-state index is 13.8. The van der Waals surface area contributed by atoms with E-state index in [1.54, 1.807) is 4.57 Å². The van der Waals surface area contributed by atoms with Gasteiger partial charge in [-0.15, -0.1) is 0 Å². The van der Waals surface area contributed by atoms with Gasteiger partial charge < -0.3 is 19.8 Å². The number of para-hydroxylation sites is 1. The number of ether oxygens (including phenoxy) is 2. The van der Waals surface area contributed by atoms with Crippen molar-refractivity contribution in [2.24, 2.45) is 5.73 Å². The number of pyridine rings is 1. The van der Waals surface area contributed by atoms with Crippen molar-refractivity contribution in [2.45, 2.75) is 33.2 Å². The summed E-state index contributed by atoms with van der Waals surface area (Å²) in [6.07, 6.45) is 0. The van der Waals surface area contributed by atoms with Crippen LogP contribution in [0.5, 0.6) is 11.5 Å². The van der Waals surface area contributed by atoms with Gasteiger partial charge in [0, 0.05) is 17.3 Å². The van der Waals surface area contributed by atoms with E-state index in [4.69, 9.17) is 15.2 Å². The molecule has 0 amide bonds. The number of aromatic nitrogens is 1. The van der Waals surface area contributed by atoms with E-state index in [2.05, 4.69) is 6.07 Å². The van der Waals surface area contributed by atoms with Gasteiger partial charge in [-0.25, -0.2) is 0 Å². The molecule has 3 aromatic rings. The summed E-state index contributed by atoms with van der Waals surface area (Å²) >= 11 is 0. The molecule has 0 unspecified atom stereocenters. The molecule has 0 aliphatic carbocycles. The highest BCUT2D eigenvalue weighted by molar-refractivity contribution is 5.58. The van der Waals surface area contributed by atoms with Gasteiger partial charge in [-0.3, -0.25) is 4.79 Å². The lowest BCUT2D eigenvalue weighted by atomic mass is 9.83. The molecule has 6 nitrogen and oxygen atoms in total. The first-order valence-electron chi connectivity index (χ1n) is 10.5. The SMILES string of the molecule is CCOc1ccccc1[C@@H]1C(C#N)=C(N)Oc2cc(C)n(Cc3ccc(C)cc3)c(=O)c21. The molecular weight excluding hydrogens is 402 g/mol. The quantitative estimate of drug-likeness (QED) is 0.661. The minimum Gasteiger partial charge on any atom is -0.494 e. The van der Waals surface area contributed by atoms with Gasteiger partial charge in [0.25, 0.3) is 5.56 Å². The number of nitriles is 1. The lowest BCUT2D eigenvalue weighted by Crippen LogP contribution is -2.33. The Labute approximate surface area is 187 Å². The van der Waals surface area contributed by atoms with Crippen molar-refractivity contribution in [3.8, 4) is 17.6 Å². The number of aryl methyl sites for hydroxylation is 2. The summed E-state index contributed by atoms with van der Waals surface area (Å²) in [4.78, 5) is 13.8. The summed E-state index contributed by atoms with van der Waals surface area (Å²) in [6, 6.07) is 19.4. The molecule has 32 heavy (non-hydrogen) atoms. The van der Waals surface area contributed by atoms with E-state index in [-0.39, 0.29) is 17.0 Å². The molecule has 1 aromatic heterocycles. The Morgan fingerprint density at radius 1 is 1.16 bits per heavy atom. The standard InChI is InChI=1S/C26H25N3O3/c1-4-31-21-8-6-5-7-19(21)23-20(14-27)25(28)32-22-13-17(3)29(26(30)24(22)23)15-18-11-9-16(2)10-12-18/h5-13,23H,4,15,28H2,1-3H3/t23-/m1/s1. The second-order valence-electron chi connectivity index (χ2n) is 7.84. The van der Waals surface area contributed by atoms with Gasteiger partial charge in [-0.1, -0.05) is 48.0 Å². The Bertz CT molecular complexity index is 1300. The first-order chi connectivity index (χ1) is 15.4. The maximum Gasteiger partial charge on any atom is 0.259 e. The number of allylic oxidation sites excluding steroid dienone is 1. The van der Waals surface area contributed by atoms with Gasteiger partial charge in [0.15, 0.2) is 0 Å². The summed E-state index contributed by atoms with van der Waals surface area (Å²) in [6.45, 7) is 6.65. The topological polar surface area (TPSA) is 90.3 Å². The Morgan fingerprint density at radius 3 is 2.56 bits per heavy atom. The Kier molecular flexibility index (Phi) is 5.74. The fourth-order valence-electron chi connectivity index (χ4n) is 4.08. The molecular formula is C26H25N3O3. The van der Waals surface area contributed by atoms with Gasteiger partial charge >= 0.3 is 0 Å². The largest absolute Gasteiger partial charge is 0.494 e. The predicted molar refractivity (Wildman–Crippen MR) is 123 cm³/mol. The number of fused-ring (bicyclic) bond motifs is 1. The number of hydrogen-bond donors (Lipinski definition) is 1. The fraction of sp³-hybridized carbons (Fsp3) is 0.231. The number of benzene rings is 2. The Balaban J connectivity index is 1.93. The second kappa shape index (κ2) is 8.64. The molecule has 0 fully saturated rings. The number of rotatable bonds is 5. The number of nitrogens with zero attached hydrogens (tertiary/aromatic N) is 2. The van der Waals surface area contributed by atoms with Crippen LogP contribution in [0.2, 0.25) is 0 Å². The van der Waals surface area contributed by atoms with E-state index >= 15 is 0 Å². The molecule has 0 saturated carbocycles. The smallest absolute Gasteiger partial charge is 0.259 e. The molecule has 2 aromatic carbocycles. The van der Waals surface area contributed by atoms with Crippen LogP contribution >= 0.6 is 0 Å². The third-order valence-corrected chi connectivity index (χ3v) is 5.68. The normalized spacial score (nSPS) is 15.0. The van der Waals surface area contributed by atoms with Crippen molar-refractivity contribution in [2.75, 3.05) is 6.61 Å². The average molecular weight is 428 g/mol. The fourth-order valence-corrected chi connectivity index (χ4v) is 4.08. The monoisotopic (exact) mass is 427 g/mol. The van der Waals surface area contributed by atoms with Crippen molar-refractivity contribution in [3.63, 3.8) is 0 Å². The molecule has 4 rings (SSSR count). The highest BCUT2D eigenvalue weighted by Gasteiger charge is 2.35. The third kappa shape index (κ3) is 3.74. The third-order valence-electron chi connectivity index (χ3n) is 5.68. The molecule has 2 N–H and O–H groups in total. The molecule has 2 heterocycles. The lowest BCUT2D eigenvalue weighted by molar-refractivity contribution is 0.334. The minimum absolute atomic E-state index is 0.00591. The van der Waals surface area contributed by atoms with E-state index in [1.165, 1.54) is 0 Å². The van der Waals surface area contributed by atoms with Gasteiger partial charge in [-0.05, 0) is 32.4 Å². The minimum atomic E-state index is -0.677. The van der Waals surface area contributed by atoms with E-state index < -0.39 is 5.92 Å². The molecule has 0 saturated heterocycles. The Hall–Kier alpha value is -3.98. The van der Waals surface area contributed by atoms with E-state index in [0.29, 0.717) is 35.8 Å². The van der Waals surface area contributed by atoms with Crippen LogP contribution in [0.25, 0.3) is 0 Å². The van der Waals surface area contributed by atoms with Crippen LogP contribution in [-0.2, 0) is 6.54 Å². The Morgan fingerprint density at radius 2 is 1.88 bits per heavy atom. The molecule has 162 valence electrons. The zero-order valence-corrected chi connectivity index (χ0v) is 18.4. The van der Waals surface area contributed by atoms with E-state index in [0.717, 1.165) is 16.8 Å². The van der Waals surface area contributed by atoms with E-state index in [9.17, 15) is 10.1 Å².